The normalized spacial score (nSPS) is 9.08. The average molecular weight is 224 g/mol. The first-order valence-corrected chi connectivity index (χ1v) is 4.47. The van der Waals surface area contributed by atoms with Gasteiger partial charge in [-0.3, -0.25) is 0 Å². The van der Waals surface area contributed by atoms with Crippen molar-refractivity contribution in [3.63, 3.8) is 0 Å². The third-order valence-corrected chi connectivity index (χ3v) is 2.42. The number of rotatable bonds is 2. The molecule has 0 aliphatic heterocycles. The van der Waals surface area contributed by atoms with Gasteiger partial charge in [-0.05, 0) is 24.6 Å². The molecular formula is C10H10BrN. The quantitative estimate of drug-likeness (QED) is 0.761. The van der Waals surface area contributed by atoms with Gasteiger partial charge in [0.25, 0.3) is 0 Å². The molecule has 0 radical (unpaired) electrons. The van der Waals surface area contributed by atoms with Crippen LogP contribution in [0.4, 0.5) is 5.69 Å². The van der Waals surface area contributed by atoms with Crippen molar-refractivity contribution in [2.24, 2.45) is 0 Å². The predicted octanol–water partition coefficient (Wildman–Crippen LogP) is 2.80. The second-order valence-electron chi connectivity index (χ2n) is 2.52. The number of benzene rings is 1. The summed E-state index contributed by atoms with van der Waals surface area (Å²) >= 11 is 3.45. The van der Waals surface area contributed by atoms with E-state index in [0.717, 1.165) is 10.2 Å². The minimum absolute atomic E-state index is 0.565. The maximum atomic E-state index is 5.12. The first-order chi connectivity index (χ1) is 5.74. The van der Waals surface area contributed by atoms with Crippen molar-refractivity contribution < 1.29 is 0 Å². The molecule has 1 aromatic carbocycles. The number of anilines is 1. The monoisotopic (exact) mass is 223 g/mol. The van der Waals surface area contributed by atoms with Gasteiger partial charge in [0.05, 0.1) is 6.54 Å². The Hall–Kier alpha value is -0.940. The molecule has 0 unspecified atom stereocenters. The lowest BCUT2D eigenvalue weighted by molar-refractivity contribution is 1.35. The molecule has 0 aliphatic rings. The zero-order chi connectivity index (χ0) is 8.97. The van der Waals surface area contributed by atoms with E-state index in [-0.39, 0.29) is 0 Å². The fourth-order valence-corrected chi connectivity index (χ4v) is 1.23. The van der Waals surface area contributed by atoms with E-state index in [0.29, 0.717) is 6.54 Å². The molecule has 2 heteroatoms. The lowest BCUT2D eigenvalue weighted by atomic mass is 10.2. The summed E-state index contributed by atoms with van der Waals surface area (Å²) in [6, 6.07) is 6.08. The second-order valence-corrected chi connectivity index (χ2v) is 3.38. The topological polar surface area (TPSA) is 12.0 Å². The molecule has 0 heterocycles. The van der Waals surface area contributed by atoms with Crippen LogP contribution in [0, 0.1) is 19.3 Å². The molecule has 0 saturated heterocycles. The van der Waals surface area contributed by atoms with Crippen LogP contribution in [0.2, 0.25) is 0 Å². The highest BCUT2D eigenvalue weighted by Gasteiger charge is 1.94. The van der Waals surface area contributed by atoms with Crippen LogP contribution in [-0.2, 0) is 0 Å². The summed E-state index contributed by atoms with van der Waals surface area (Å²) in [5, 5.41) is 3.10. The molecule has 62 valence electrons. The number of aryl methyl sites for hydroxylation is 1. The summed E-state index contributed by atoms with van der Waals surface area (Å²) < 4.78 is 1.10. The highest BCUT2D eigenvalue weighted by atomic mass is 79.9. The van der Waals surface area contributed by atoms with E-state index < -0.39 is 0 Å². The summed E-state index contributed by atoms with van der Waals surface area (Å²) in [6.07, 6.45) is 5.12. The minimum atomic E-state index is 0.565. The molecule has 0 amide bonds. The summed E-state index contributed by atoms with van der Waals surface area (Å²) in [5.41, 5.74) is 2.27. The van der Waals surface area contributed by atoms with E-state index in [2.05, 4.69) is 34.1 Å². The van der Waals surface area contributed by atoms with Crippen molar-refractivity contribution in [2.45, 2.75) is 6.92 Å². The SMILES string of the molecule is C#CCNc1ccc(C)c(Br)c1. The van der Waals surface area contributed by atoms with Crippen molar-refractivity contribution in [1.29, 1.82) is 0 Å². The van der Waals surface area contributed by atoms with Gasteiger partial charge in [0, 0.05) is 10.2 Å². The highest BCUT2D eigenvalue weighted by Crippen LogP contribution is 2.20. The van der Waals surface area contributed by atoms with Gasteiger partial charge in [-0.25, -0.2) is 0 Å². The van der Waals surface area contributed by atoms with Crippen molar-refractivity contribution in [3.8, 4) is 12.3 Å². The van der Waals surface area contributed by atoms with E-state index in [4.69, 9.17) is 6.42 Å². The Balaban J connectivity index is 2.77. The molecule has 0 fully saturated rings. The Morgan fingerprint density at radius 3 is 2.92 bits per heavy atom. The number of hydrogen-bond acceptors (Lipinski definition) is 1. The van der Waals surface area contributed by atoms with E-state index in [9.17, 15) is 0 Å². The van der Waals surface area contributed by atoms with Gasteiger partial charge in [-0.1, -0.05) is 27.9 Å². The lowest BCUT2D eigenvalue weighted by Crippen LogP contribution is -1.97. The van der Waals surface area contributed by atoms with Crippen LogP contribution in [-0.4, -0.2) is 6.54 Å². The first-order valence-electron chi connectivity index (χ1n) is 3.67. The van der Waals surface area contributed by atoms with Crippen molar-refractivity contribution in [2.75, 3.05) is 11.9 Å². The van der Waals surface area contributed by atoms with Gasteiger partial charge < -0.3 is 5.32 Å². The molecule has 1 nitrogen and oxygen atoms in total. The molecule has 0 saturated carbocycles. The fourth-order valence-electron chi connectivity index (χ4n) is 0.856. The van der Waals surface area contributed by atoms with Gasteiger partial charge in [-0.2, -0.15) is 0 Å². The van der Waals surface area contributed by atoms with Gasteiger partial charge in [0.1, 0.15) is 0 Å². The second kappa shape index (κ2) is 4.18. The molecule has 0 aliphatic carbocycles. The molecule has 0 bridgehead atoms. The van der Waals surface area contributed by atoms with Crippen molar-refractivity contribution >= 4 is 21.6 Å². The van der Waals surface area contributed by atoms with Gasteiger partial charge >= 0.3 is 0 Å². The predicted molar refractivity (Wildman–Crippen MR) is 56.2 cm³/mol. The summed E-state index contributed by atoms with van der Waals surface area (Å²) in [5.74, 6) is 2.52. The largest absolute Gasteiger partial charge is 0.374 e. The molecule has 1 aromatic rings. The zero-order valence-corrected chi connectivity index (χ0v) is 8.48. The summed E-state index contributed by atoms with van der Waals surface area (Å²) in [4.78, 5) is 0. The summed E-state index contributed by atoms with van der Waals surface area (Å²) in [6.45, 7) is 2.62. The number of nitrogens with one attached hydrogen (secondary N) is 1. The third-order valence-electron chi connectivity index (χ3n) is 1.57. The van der Waals surface area contributed by atoms with Gasteiger partial charge in [0.2, 0.25) is 0 Å². The van der Waals surface area contributed by atoms with Crippen LogP contribution in [0.15, 0.2) is 22.7 Å². The molecule has 1 N–H and O–H groups in total. The Kier molecular flexibility index (Phi) is 3.19. The lowest BCUT2D eigenvalue weighted by Gasteiger charge is -2.04. The standard InChI is InChI=1S/C10H10BrN/c1-3-6-12-9-5-4-8(2)10(11)7-9/h1,4-5,7,12H,6H2,2H3. The highest BCUT2D eigenvalue weighted by molar-refractivity contribution is 9.10. The maximum Gasteiger partial charge on any atom is 0.0763 e. The van der Waals surface area contributed by atoms with Crippen LogP contribution in [0.1, 0.15) is 5.56 Å². The van der Waals surface area contributed by atoms with E-state index in [1.54, 1.807) is 0 Å². The van der Waals surface area contributed by atoms with Crippen LogP contribution < -0.4 is 5.32 Å². The van der Waals surface area contributed by atoms with Gasteiger partial charge in [-0.15, -0.1) is 6.42 Å². The Bertz CT molecular complexity index is 312. The van der Waals surface area contributed by atoms with Crippen LogP contribution >= 0.6 is 15.9 Å². The van der Waals surface area contributed by atoms with E-state index in [1.807, 2.05) is 18.2 Å². The van der Waals surface area contributed by atoms with E-state index >= 15 is 0 Å². The smallest absolute Gasteiger partial charge is 0.0763 e. The maximum absolute atomic E-state index is 5.12. The molecule has 1 rings (SSSR count). The number of halogens is 1. The number of terminal acetylenes is 1. The van der Waals surface area contributed by atoms with Crippen LogP contribution in [0.5, 0.6) is 0 Å². The minimum Gasteiger partial charge on any atom is -0.374 e. The van der Waals surface area contributed by atoms with Crippen LogP contribution in [0.3, 0.4) is 0 Å². The van der Waals surface area contributed by atoms with E-state index in [1.165, 1.54) is 5.56 Å². The Morgan fingerprint density at radius 2 is 2.33 bits per heavy atom. The Labute approximate surface area is 81.3 Å². The van der Waals surface area contributed by atoms with Gasteiger partial charge in [0.15, 0.2) is 0 Å². The molecular weight excluding hydrogens is 214 g/mol. The Morgan fingerprint density at radius 1 is 1.58 bits per heavy atom. The molecule has 0 aromatic heterocycles. The number of hydrogen-bond donors (Lipinski definition) is 1. The molecule has 0 spiro atoms. The fraction of sp³-hybridized carbons (Fsp3) is 0.200. The molecule has 12 heavy (non-hydrogen) atoms. The van der Waals surface area contributed by atoms with Crippen molar-refractivity contribution in [3.05, 3.63) is 28.2 Å². The average Bonchev–Trinajstić information content (AvgIpc) is 2.07. The summed E-state index contributed by atoms with van der Waals surface area (Å²) in [7, 11) is 0. The van der Waals surface area contributed by atoms with Crippen LogP contribution in [0.25, 0.3) is 0 Å². The first kappa shape index (κ1) is 9.15. The van der Waals surface area contributed by atoms with Crippen molar-refractivity contribution in [1.82, 2.24) is 0 Å². The zero-order valence-electron chi connectivity index (χ0n) is 6.89. The third kappa shape index (κ3) is 2.28. The molecule has 0 atom stereocenters.